The van der Waals surface area contributed by atoms with Gasteiger partial charge in [0, 0.05) is 11.3 Å². The van der Waals surface area contributed by atoms with Crippen LogP contribution in [0, 0.1) is 0 Å². The molecule has 0 aliphatic heterocycles. The molecule has 0 fully saturated rings. The smallest absolute Gasteiger partial charge is 0.380 e. The molecule has 3 aromatic rings. The van der Waals surface area contributed by atoms with Gasteiger partial charge in [-0.25, -0.2) is 0 Å². The van der Waals surface area contributed by atoms with Gasteiger partial charge in [0.15, 0.2) is 5.78 Å². The maximum Gasteiger partial charge on any atom is 0.418 e. The molecule has 1 atom stereocenters. The fourth-order valence-corrected chi connectivity index (χ4v) is 3.00. The van der Waals surface area contributed by atoms with Crippen LogP contribution in [0.15, 0.2) is 78.9 Å². The average molecular weight is 428 g/mol. The highest BCUT2D eigenvalue weighted by Crippen LogP contribution is 2.34. The fraction of sp³-hybridized carbons (Fsp3) is 0.130. The van der Waals surface area contributed by atoms with E-state index in [2.05, 4.69) is 10.6 Å². The molecule has 0 aliphatic rings. The summed E-state index contributed by atoms with van der Waals surface area (Å²) < 4.78 is 39.2. The third-order valence-electron chi connectivity index (χ3n) is 4.50. The molecule has 0 spiro atoms. The van der Waals surface area contributed by atoms with Gasteiger partial charge < -0.3 is 15.7 Å². The van der Waals surface area contributed by atoms with Gasteiger partial charge in [0.05, 0.1) is 17.8 Å². The van der Waals surface area contributed by atoms with E-state index in [-0.39, 0.29) is 16.9 Å². The predicted molar refractivity (Wildman–Crippen MR) is 111 cm³/mol. The van der Waals surface area contributed by atoms with Gasteiger partial charge in [0.25, 0.3) is 0 Å². The molecule has 0 radical (unpaired) electrons. The monoisotopic (exact) mass is 428 g/mol. The Labute approximate surface area is 176 Å². The maximum absolute atomic E-state index is 13.1. The molecule has 3 rings (SSSR count). The number of carbonyl (C=O) groups is 2. The van der Waals surface area contributed by atoms with Crippen LogP contribution < -0.4 is 10.6 Å². The van der Waals surface area contributed by atoms with Crippen molar-refractivity contribution in [2.24, 2.45) is 0 Å². The first-order chi connectivity index (χ1) is 14.8. The number of hydrogen-bond donors (Lipinski definition) is 3. The number of nitrogens with one attached hydrogen (secondary N) is 2. The quantitative estimate of drug-likeness (QED) is 0.478. The van der Waals surface area contributed by atoms with Crippen molar-refractivity contribution in [3.05, 3.63) is 95.6 Å². The van der Waals surface area contributed by atoms with Crippen LogP contribution in [0.3, 0.4) is 0 Å². The summed E-state index contributed by atoms with van der Waals surface area (Å²) in [6.45, 7) is -0.448. The van der Waals surface area contributed by atoms with Crippen molar-refractivity contribution < 1.29 is 27.9 Å². The summed E-state index contributed by atoms with van der Waals surface area (Å²) in [4.78, 5) is 25.1. The molecule has 0 heterocycles. The first kappa shape index (κ1) is 22.0. The van der Waals surface area contributed by atoms with Crippen LogP contribution in [0.5, 0.6) is 0 Å². The van der Waals surface area contributed by atoms with Gasteiger partial charge in [0.2, 0.25) is 5.91 Å². The SMILES string of the molecule is O=C(CNc1ccccc1C(F)(F)F)Nc1ccccc1C(=O)C(O)c1ccccc1. The number of para-hydroxylation sites is 2. The number of Topliss-reactive ketones (excluding diaryl/α,β-unsaturated/α-hetero) is 1. The van der Waals surface area contributed by atoms with Crippen molar-refractivity contribution >= 4 is 23.1 Å². The first-order valence-corrected chi connectivity index (χ1v) is 9.33. The number of halogens is 3. The van der Waals surface area contributed by atoms with Crippen molar-refractivity contribution in [3.8, 4) is 0 Å². The molecular formula is C23H19F3N2O3. The molecule has 1 unspecified atom stereocenters. The average Bonchev–Trinajstić information content (AvgIpc) is 2.77. The number of carbonyl (C=O) groups excluding carboxylic acids is 2. The van der Waals surface area contributed by atoms with Gasteiger partial charge in [-0.2, -0.15) is 13.2 Å². The molecular weight excluding hydrogens is 409 g/mol. The number of benzene rings is 3. The lowest BCUT2D eigenvalue weighted by Crippen LogP contribution is -2.24. The second kappa shape index (κ2) is 9.44. The summed E-state index contributed by atoms with van der Waals surface area (Å²) in [5, 5.41) is 15.4. The van der Waals surface area contributed by atoms with Crippen molar-refractivity contribution in [2.45, 2.75) is 12.3 Å². The lowest BCUT2D eigenvalue weighted by molar-refractivity contribution is -0.137. The van der Waals surface area contributed by atoms with E-state index in [0.717, 1.165) is 6.07 Å². The third kappa shape index (κ3) is 5.49. The number of rotatable bonds is 7. The summed E-state index contributed by atoms with van der Waals surface area (Å²) in [7, 11) is 0. The van der Waals surface area contributed by atoms with E-state index in [4.69, 9.17) is 0 Å². The highest BCUT2D eigenvalue weighted by atomic mass is 19.4. The van der Waals surface area contributed by atoms with E-state index in [1.165, 1.54) is 30.3 Å². The number of aliphatic hydroxyl groups excluding tert-OH is 1. The zero-order valence-corrected chi connectivity index (χ0v) is 16.2. The highest BCUT2D eigenvalue weighted by Gasteiger charge is 2.33. The molecule has 8 heteroatoms. The number of alkyl halides is 3. The van der Waals surface area contributed by atoms with Crippen molar-refractivity contribution in [1.29, 1.82) is 0 Å². The van der Waals surface area contributed by atoms with Crippen molar-refractivity contribution in [1.82, 2.24) is 0 Å². The van der Waals surface area contributed by atoms with E-state index >= 15 is 0 Å². The summed E-state index contributed by atoms with van der Waals surface area (Å²) in [6.07, 6.45) is -5.98. The second-order valence-corrected chi connectivity index (χ2v) is 6.67. The predicted octanol–water partition coefficient (Wildman–Crippen LogP) is 4.67. The number of aliphatic hydroxyl groups is 1. The summed E-state index contributed by atoms with van der Waals surface area (Å²) >= 11 is 0. The highest BCUT2D eigenvalue weighted by molar-refractivity contribution is 6.07. The van der Waals surface area contributed by atoms with E-state index in [1.54, 1.807) is 42.5 Å². The molecule has 5 nitrogen and oxygen atoms in total. The van der Waals surface area contributed by atoms with Crippen LogP contribution in [0.1, 0.15) is 27.6 Å². The minimum atomic E-state index is -4.56. The Morgan fingerprint density at radius 2 is 1.42 bits per heavy atom. The van der Waals surface area contributed by atoms with Gasteiger partial charge in [-0.1, -0.05) is 54.6 Å². The normalized spacial score (nSPS) is 12.1. The molecule has 0 saturated heterocycles. The Morgan fingerprint density at radius 1 is 0.839 bits per heavy atom. The van der Waals surface area contributed by atoms with Crippen LogP contribution in [0.4, 0.5) is 24.5 Å². The molecule has 160 valence electrons. The van der Waals surface area contributed by atoms with E-state index in [9.17, 15) is 27.9 Å². The van der Waals surface area contributed by atoms with Crippen LogP contribution in [0.2, 0.25) is 0 Å². The van der Waals surface area contributed by atoms with Crippen LogP contribution in [-0.2, 0) is 11.0 Å². The molecule has 3 N–H and O–H groups in total. The molecule has 0 bridgehead atoms. The third-order valence-corrected chi connectivity index (χ3v) is 4.50. The van der Waals surface area contributed by atoms with Gasteiger partial charge in [-0.05, 0) is 29.8 Å². The maximum atomic E-state index is 13.1. The van der Waals surface area contributed by atoms with Gasteiger partial charge >= 0.3 is 6.18 Å². The van der Waals surface area contributed by atoms with Gasteiger partial charge in [-0.15, -0.1) is 0 Å². The lowest BCUT2D eigenvalue weighted by atomic mass is 9.98. The van der Waals surface area contributed by atoms with E-state index in [1.807, 2.05) is 0 Å². The Bertz CT molecular complexity index is 1070. The largest absolute Gasteiger partial charge is 0.418 e. The summed E-state index contributed by atoms with van der Waals surface area (Å²) in [6, 6.07) is 19.3. The first-order valence-electron chi connectivity index (χ1n) is 9.33. The lowest BCUT2D eigenvalue weighted by Gasteiger charge is -2.16. The number of hydrogen-bond acceptors (Lipinski definition) is 4. The molecule has 0 aromatic heterocycles. The molecule has 0 aliphatic carbocycles. The fourth-order valence-electron chi connectivity index (χ4n) is 3.00. The van der Waals surface area contributed by atoms with Crippen molar-refractivity contribution in [2.75, 3.05) is 17.2 Å². The van der Waals surface area contributed by atoms with E-state index in [0.29, 0.717) is 5.56 Å². The minimum Gasteiger partial charge on any atom is -0.380 e. The standard InChI is InChI=1S/C23H19F3N2O3/c24-23(25,26)17-11-5-7-13-19(17)27-14-20(29)28-18-12-6-4-10-16(18)22(31)21(30)15-8-2-1-3-9-15/h1-13,21,27,30H,14H2,(H,28,29). The molecule has 0 saturated carbocycles. The Hall–Kier alpha value is -3.65. The summed E-state index contributed by atoms with van der Waals surface area (Å²) in [5.41, 5.74) is -0.473. The van der Waals surface area contributed by atoms with Gasteiger partial charge in [0.1, 0.15) is 6.10 Å². The number of amides is 1. The summed E-state index contributed by atoms with van der Waals surface area (Å²) in [5.74, 6) is -1.26. The van der Waals surface area contributed by atoms with Crippen LogP contribution in [-0.4, -0.2) is 23.3 Å². The van der Waals surface area contributed by atoms with Crippen molar-refractivity contribution in [3.63, 3.8) is 0 Å². The van der Waals surface area contributed by atoms with Crippen LogP contribution >= 0.6 is 0 Å². The Kier molecular flexibility index (Phi) is 6.71. The Balaban J connectivity index is 1.72. The zero-order valence-electron chi connectivity index (χ0n) is 16.2. The molecule has 3 aromatic carbocycles. The van der Waals surface area contributed by atoms with Gasteiger partial charge in [-0.3, -0.25) is 9.59 Å². The Morgan fingerprint density at radius 3 is 2.10 bits per heavy atom. The molecule has 1 amide bonds. The topological polar surface area (TPSA) is 78.4 Å². The van der Waals surface area contributed by atoms with Crippen LogP contribution in [0.25, 0.3) is 0 Å². The number of anilines is 2. The zero-order chi connectivity index (χ0) is 22.4. The van der Waals surface area contributed by atoms with E-state index < -0.39 is 36.1 Å². The minimum absolute atomic E-state index is 0.0860. The second-order valence-electron chi connectivity index (χ2n) is 6.67. The number of ketones is 1. The molecule has 31 heavy (non-hydrogen) atoms.